The number of hydrogen-bond acceptors (Lipinski definition) is 16. The van der Waals surface area contributed by atoms with E-state index in [-0.39, 0.29) is 101 Å². The SMILES string of the molecule is CC(C)C[C@H](NC(=O)CNC(=O)[C@H](CC(C)C)NC(=O)[C@@H]1CCCN1C(=O)[C@H](CCCCN)NC(=O)[C@H](CC(N)=O)NC(=O)[C@H](CCCN=C(N)N)NC(=O)[C@@H](N)CO)C(=O)N[C@@H](C)C(=O)N[C@@H](CCCN=C(N)N)C(=O)O. The molecule has 1 heterocycles. The highest BCUT2D eigenvalue weighted by molar-refractivity contribution is 5.99. The van der Waals surface area contributed by atoms with Gasteiger partial charge in [-0.2, -0.15) is 0 Å². The predicted octanol–water partition coefficient (Wildman–Crippen LogP) is -6.88. The zero-order valence-electron chi connectivity index (χ0n) is 45.3. The summed E-state index contributed by atoms with van der Waals surface area (Å²) in [6.45, 7) is 7.58. The molecule has 0 bridgehead atoms. The van der Waals surface area contributed by atoms with E-state index >= 15 is 0 Å². The van der Waals surface area contributed by atoms with Crippen molar-refractivity contribution in [3.8, 4) is 0 Å². The van der Waals surface area contributed by atoms with Gasteiger partial charge in [-0.25, -0.2) is 4.79 Å². The minimum Gasteiger partial charge on any atom is -0.480 e. The second-order valence-electron chi connectivity index (χ2n) is 19.8. The standard InChI is InChI=1S/C47H86N18O13/c1-24(2)19-31(39(71)57-22-36(68)59-32(20-25(3)4)41(73)58-26(5)37(69)62-30(45(77)78)13-9-17-56-47(53)54)64-43(75)34-14-10-18-65(34)44(76)29(11-6-7-15-48)61-42(74)33(21-35(50)67)63-40(72)28(12-8-16-55-46(51)52)60-38(70)27(49)23-66/h24-34,66H,6-23,48-49H2,1-5H3,(H2,50,67)(H,57,71)(H,58,73)(H,59,68)(H,60,70)(H,61,74)(H,62,69)(H,63,72)(H,64,75)(H,77,78)(H4,51,52,55)(H4,53,54,56)/t26-,27-,28-,29-,30-,31-,32-,33-,34-/m0/s1. The molecule has 1 saturated heterocycles. The van der Waals surface area contributed by atoms with Crippen molar-refractivity contribution in [1.29, 1.82) is 0 Å². The van der Waals surface area contributed by atoms with Crippen LogP contribution in [-0.4, -0.2) is 186 Å². The summed E-state index contributed by atoms with van der Waals surface area (Å²) in [5.41, 5.74) is 38.2. The van der Waals surface area contributed by atoms with Gasteiger partial charge in [-0.15, -0.1) is 0 Å². The van der Waals surface area contributed by atoms with E-state index in [1.807, 2.05) is 0 Å². The minimum absolute atomic E-state index is 0.00812. The molecule has 1 rings (SSSR count). The van der Waals surface area contributed by atoms with Crippen molar-refractivity contribution in [1.82, 2.24) is 47.4 Å². The number of nitrogens with zero attached hydrogens (tertiary/aromatic N) is 3. The lowest BCUT2D eigenvalue weighted by atomic mass is 10.0. The third-order valence-electron chi connectivity index (χ3n) is 12.0. The van der Waals surface area contributed by atoms with Crippen LogP contribution in [0, 0.1) is 11.8 Å². The van der Waals surface area contributed by atoms with Crippen LogP contribution < -0.4 is 82.7 Å². The van der Waals surface area contributed by atoms with Crippen molar-refractivity contribution in [2.45, 2.75) is 166 Å². The van der Waals surface area contributed by atoms with Gasteiger partial charge in [0.25, 0.3) is 0 Å². The molecule has 442 valence electrons. The van der Waals surface area contributed by atoms with Gasteiger partial charge in [-0.3, -0.25) is 57.9 Å². The van der Waals surface area contributed by atoms with Crippen molar-refractivity contribution in [2.75, 3.05) is 39.3 Å². The number of carbonyl (C=O) groups is 11. The molecule has 0 aliphatic carbocycles. The fourth-order valence-corrected chi connectivity index (χ4v) is 7.99. The Hall–Kier alpha value is -7.41. The van der Waals surface area contributed by atoms with E-state index in [1.54, 1.807) is 27.7 Å². The smallest absolute Gasteiger partial charge is 0.326 e. The summed E-state index contributed by atoms with van der Waals surface area (Å²) in [7, 11) is 0. The maximum Gasteiger partial charge on any atom is 0.326 e. The van der Waals surface area contributed by atoms with Crippen LogP contribution >= 0.6 is 0 Å². The summed E-state index contributed by atoms with van der Waals surface area (Å²) in [5, 5.41) is 39.0. The van der Waals surface area contributed by atoms with Gasteiger partial charge < -0.3 is 97.8 Å². The highest BCUT2D eigenvalue weighted by Crippen LogP contribution is 2.21. The molecule has 0 aromatic carbocycles. The first-order chi connectivity index (χ1) is 36.6. The number of amides is 10. The quantitative estimate of drug-likeness (QED) is 0.0156. The number of likely N-dealkylation sites (tertiary alicyclic amines) is 1. The molecule has 31 heteroatoms. The molecule has 78 heavy (non-hydrogen) atoms. The maximum atomic E-state index is 14.4. The molecule has 1 aliphatic rings. The number of primary amides is 1. The molecule has 0 aromatic heterocycles. The number of carboxylic acid groups (broad SMARTS) is 1. The number of rotatable bonds is 37. The molecule has 31 nitrogen and oxygen atoms in total. The monoisotopic (exact) mass is 1110 g/mol. The largest absolute Gasteiger partial charge is 0.480 e. The molecule has 0 radical (unpaired) electrons. The van der Waals surface area contributed by atoms with E-state index < -0.39 is 139 Å². The van der Waals surface area contributed by atoms with Crippen LogP contribution in [0.2, 0.25) is 0 Å². The topological polar surface area (TPSA) is 535 Å². The third kappa shape index (κ3) is 26.6. The Morgan fingerprint density at radius 3 is 1.62 bits per heavy atom. The number of aliphatic imine (C=N–C) groups is 2. The van der Waals surface area contributed by atoms with Gasteiger partial charge in [-0.1, -0.05) is 27.7 Å². The average molecular weight is 1110 g/mol. The number of carbonyl (C=O) groups excluding carboxylic acids is 10. The Balaban J connectivity index is 3.23. The molecule has 10 amide bonds. The third-order valence-corrected chi connectivity index (χ3v) is 12.0. The summed E-state index contributed by atoms with van der Waals surface area (Å²) in [6.07, 6.45) is 1.04. The van der Waals surface area contributed by atoms with Gasteiger partial charge in [0.15, 0.2) is 11.9 Å². The number of guanidine groups is 2. The van der Waals surface area contributed by atoms with Crippen LogP contribution in [0.25, 0.3) is 0 Å². The Labute approximate surface area is 453 Å². The van der Waals surface area contributed by atoms with Crippen molar-refractivity contribution in [2.24, 2.45) is 62.0 Å². The van der Waals surface area contributed by atoms with Crippen molar-refractivity contribution < 1.29 is 63.0 Å². The summed E-state index contributed by atoms with van der Waals surface area (Å²) in [6, 6.07) is -11.8. The van der Waals surface area contributed by atoms with Crippen LogP contribution in [-0.2, 0) is 52.7 Å². The molecule has 1 aliphatic heterocycles. The number of carboxylic acids is 1. The van der Waals surface area contributed by atoms with Crippen LogP contribution in [0.4, 0.5) is 0 Å². The molecule has 0 spiro atoms. The van der Waals surface area contributed by atoms with E-state index in [0.29, 0.717) is 19.3 Å². The molecule has 24 N–H and O–H groups in total. The number of nitrogens with two attached hydrogens (primary N) is 7. The Morgan fingerprint density at radius 1 is 0.590 bits per heavy atom. The molecule has 9 atom stereocenters. The van der Waals surface area contributed by atoms with Crippen molar-refractivity contribution in [3.63, 3.8) is 0 Å². The molecule has 0 saturated carbocycles. The first-order valence-electron chi connectivity index (χ1n) is 26.0. The average Bonchev–Trinajstić information content (AvgIpc) is 3.85. The Bertz CT molecular complexity index is 2100. The maximum absolute atomic E-state index is 14.4. The summed E-state index contributed by atoms with van der Waals surface area (Å²) in [5.74, 6) is -10.4. The van der Waals surface area contributed by atoms with Gasteiger partial charge in [0.1, 0.15) is 54.4 Å². The zero-order valence-corrected chi connectivity index (χ0v) is 45.3. The lowest BCUT2D eigenvalue weighted by Crippen LogP contribution is -2.60. The summed E-state index contributed by atoms with van der Waals surface area (Å²) < 4.78 is 0. The fraction of sp³-hybridized carbons (Fsp3) is 0.723. The predicted molar refractivity (Wildman–Crippen MR) is 285 cm³/mol. The molecular formula is C47H86N18O13. The van der Waals surface area contributed by atoms with E-state index in [4.69, 9.17) is 40.1 Å². The van der Waals surface area contributed by atoms with E-state index in [9.17, 15) is 63.0 Å². The van der Waals surface area contributed by atoms with Gasteiger partial charge in [-0.05, 0) is 95.9 Å². The zero-order chi connectivity index (χ0) is 59.2. The first-order valence-corrected chi connectivity index (χ1v) is 26.0. The Morgan fingerprint density at radius 2 is 1.09 bits per heavy atom. The van der Waals surface area contributed by atoms with E-state index in [1.165, 1.54) is 11.8 Å². The normalized spacial score (nSPS) is 16.1. The second kappa shape index (κ2) is 35.8. The number of hydrogen-bond donors (Lipinski definition) is 17. The number of aliphatic hydroxyl groups excluding tert-OH is 1. The number of unbranched alkanes of at least 4 members (excludes halogenated alkanes) is 1. The highest BCUT2D eigenvalue weighted by Gasteiger charge is 2.40. The molecule has 0 unspecified atom stereocenters. The second-order valence-corrected chi connectivity index (χ2v) is 19.8. The first kappa shape index (κ1) is 68.6. The van der Waals surface area contributed by atoms with Gasteiger partial charge in [0.2, 0.25) is 59.1 Å². The number of aliphatic carboxylic acids is 1. The summed E-state index contributed by atoms with van der Waals surface area (Å²) in [4.78, 5) is 155. The van der Waals surface area contributed by atoms with Crippen molar-refractivity contribution >= 4 is 77.0 Å². The summed E-state index contributed by atoms with van der Waals surface area (Å²) >= 11 is 0. The Kier molecular flexibility index (Phi) is 31.5. The minimum atomic E-state index is -1.67. The number of aliphatic hydroxyl groups is 1. The van der Waals surface area contributed by atoms with E-state index in [2.05, 4.69) is 52.5 Å². The van der Waals surface area contributed by atoms with Crippen LogP contribution in [0.15, 0.2) is 9.98 Å². The van der Waals surface area contributed by atoms with Crippen LogP contribution in [0.1, 0.15) is 112 Å². The van der Waals surface area contributed by atoms with Crippen LogP contribution in [0.3, 0.4) is 0 Å². The van der Waals surface area contributed by atoms with Gasteiger partial charge in [0.05, 0.1) is 19.6 Å². The molecule has 1 fully saturated rings. The van der Waals surface area contributed by atoms with Gasteiger partial charge >= 0.3 is 5.97 Å². The highest BCUT2D eigenvalue weighted by atomic mass is 16.4. The van der Waals surface area contributed by atoms with Crippen LogP contribution in [0.5, 0.6) is 0 Å². The lowest BCUT2D eigenvalue weighted by molar-refractivity contribution is -0.143. The lowest BCUT2D eigenvalue weighted by Gasteiger charge is -2.31. The number of nitrogens with one attached hydrogen (secondary N) is 8. The molecule has 0 aromatic rings. The molecular weight excluding hydrogens is 1020 g/mol. The van der Waals surface area contributed by atoms with E-state index in [0.717, 1.165) is 0 Å². The fourth-order valence-electron chi connectivity index (χ4n) is 7.99. The van der Waals surface area contributed by atoms with Gasteiger partial charge in [0, 0.05) is 19.6 Å². The van der Waals surface area contributed by atoms with Crippen molar-refractivity contribution in [3.05, 3.63) is 0 Å².